The molecule has 0 N–H and O–H groups in total. The van der Waals surface area contributed by atoms with Crippen molar-refractivity contribution >= 4 is 17.1 Å². The van der Waals surface area contributed by atoms with Crippen LogP contribution in [0.3, 0.4) is 0 Å². The highest BCUT2D eigenvalue weighted by molar-refractivity contribution is 5.82. The minimum Gasteiger partial charge on any atom is -0.494 e. The Bertz CT molecular complexity index is 1530. The molecule has 0 aliphatic rings. The monoisotopic (exact) mass is 511 g/mol. The third-order valence-electron chi connectivity index (χ3n) is 6.13. The van der Waals surface area contributed by atoms with Gasteiger partial charge in [0.1, 0.15) is 11.5 Å². The maximum atomic E-state index is 13.7. The van der Waals surface area contributed by atoms with Crippen LogP contribution in [-0.2, 0) is 0 Å². The molecule has 6 heteroatoms. The highest BCUT2D eigenvalue weighted by Gasteiger charge is 2.18. The molecule has 0 unspecified atom stereocenters. The molecule has 0 saturated carbocycles. The minimum atomic E-state index is -0.221. The zero-order valence-electron chi connectivity index (χ0n) is 23.4. The molecule has 4 rings (SSSR count). The summed E-state index contributed by atoms with van der Waals surface area (Å²) in [4.78, 5) is 18.6. The number of ether oxygens (including phenoxy) is 2. The second kappa shape index (κ2) is 11.2. The molecule has 0 aliphatic carbocycles. The molecule has 1 heterocycles. The first-order valence-electron chi connectivity index (χ1n) is 13.1. The van der Waals surface area contributed by atoms with Crippen LogP contribution in [0, 0.1) is 12.3 Å². The molecule has 0 aliphatic heterocycles. The van der Waals surface area contributed by atoms with Gasteiger partial charge in [-0.25, -0.2) is 4.98 Å². The first-order chi connectivity index (χ1) is 18.1. The van der Waals surface area contributed by atoms with Crippen molar-refractivity contribution in [3.8, 4) is 22.9 Å². The zero-order chi connectivity index (χ0) is 27.4. The summed E-state index contributed by atoms with van der Waals surface area (Å²) in [7, 11) is 0. The quantitative estimate of drug-likeness (QED) is 0.235. The first-order valence-corrected chi connectivity index (χ1v) is 13.1. The van der Waals surface area contributed by atoms with Crippen molar-refractivity contribution in [2.45, 2.75) is 54.4 Å². The van der Waals surface area contributed by atoms with E-state index in [9.17, 15) is 4.79 Å². The molecule has 0 bridgehead atoms. The van der Waals surface area contributed by atoms with E-state index in [1.165, 1.54) is 4.68 Å². The second-order valence-electron chi connectivity index (χ2n) is 11.0. The number of aromatic nitrogens is 2. The van der Waals surface area contributed by atoms with Gasteiger partial charge in [-0.3, -0.25) is 4.79 Å². The summed E-state index contributed by atoms with van der Waals surface area (Å²) < 4.78 is 13.3. The molecule has 0 radical (unpaired) electrons. The van der Waals surface area contributed by atoms with E-state index in [1.54, 1.807) is 12.3 Å². The van der Waals surface area contributed by atoms with Gasteiger partial charge in [-0.2, -0.15) is 9.78 Å². The molecule has 0 saturated heterocycles. The lowest BCUT2D eigenvalue weighted by Gasteiger charge is -2.19. The second-order valence-corrected chi connectivity index (χ2v) is 11.0. The first kappa shape index (κ1) is 27.1. The van der Waals surface area contributed by atoms with Gasteiger partial charge in [-0.05, 0) is 78.3 Å². The van der Waals surface area contributed by atoms with E-state index >= 15 is 0 Å². The molecule has 1 aromatic heterocycles. The molecule has 0 amide bonds. The number of rotatable bonds is 8. The smallest absolute Gasteiger partial charge is 0.282 e. The van der Waals surface area contributed by atoms with E-state index in [4.69, 9.17) is 14.5 Å². The topological polar surface area (TPSA) is 65.7 Å². The van der Waals surface area contributed by atoms with Gasteiger partial charge in [0.15, 0.2) is 5.82 Å². The number of benzene rings is 3. The number of fused-ring (bicyclic) bond motifs is 1. The Labute approximate surface area is 225 Å². The summed E-state index contributed by atoms with van der Waals surface area (Å²) in [5.74, 6) is 2.34. The van der Waals surface area contributed by atoms with Gasteiger partial charge in [0.05, 0.1) is 30.3 Å². The van der Waals surface area contributed by atoms with Crippen LogP contribution in [0.2, 0.25) is 0 Å². The third-order valence-corrected chi connectivity index (χ3v) is 6.13. The van der Waals surface area contributed by atoms with Crippen molar-refractivity contribution in [2.24, 2.45) is 10.5 Å². The predicted octanol–water partition coefficient (Wildman–Crippen LogP) is 7.20. The SMILES string of the molecule is CCOc1cc(C)c(-c2nc3ccccc3c(=O)n2N=Cc2cccc(OCC(C)(C)C)c2)cc1C(C)C. The van der Waals surface area contributed by atoms with Gasteiger partial charge in [0, 0.05) is 5.56 Å². The molecule has 0 fully saturated rings. The van der Waals surface area contributed by atoms with Crippen molar-refractivity contribution < 1.29 is 9.47 Å². The fourth-order valence-corrected chi connectivity index (χ4v) is 4.18. The van der Waals surface area contributed by atoms with Crippen molar-refractivity contribution in [2.75, 3.05) is 13.2 Å². The zero-order valence-corrected chi connectivity index (χ0v) is 23.4. The molecule has 198 valence electrons. The summed E-state index contributed by atoms with van der Waals surface area (Å²) in [6.07, 6.45) is 1.68. The lowest BCUT2D eigenvalue weighted by molar-refractivity contribution is 0.198. The van der Waals surface area contributed by atoms with E-state index in [2.05, 4.69) is 45.8 Å². The van der Waals surface area contributed by atoms with Crippen LogP contribution in [0.1, 0.15) is 64.2 Å². The average Bonchev–Trinajstić information content (AvgIpc) is 2.87. The predicted molar refractivity (Wildman–Crippen MR) is 156 cm³/mol. The van der Waals surface area contributed by atoms with Gasteiger partial charge < -0.3 is 9.47 Å². The molecular weight excluding hydrogens is 474 g/mol. The average molecular weight is 512 g/mol. The summed E-state index contributed by atoms with van der Waals surface area (Å²) in [6.45, 7) is 15.8. The minimum absolute atomic E-state index is 0.0491. The Balaban J connectivity index is 1.85. The maximum Gasteiger partial charge on any atom is 0.282 e. The summed E-state index contributed by atoms with van der Waals surface area (Å²) >= 11 is 0. The Morgan fingerprint density at radius 3 is 2.50 bits per heavy atom. The van der Waals surface area contributed by atoms with Crippen LogP contribution in [0.4, 0.5) is 0 Å². The molecule has 38 heavy (non-hydrogen) atoms. The summed E-state index contributed by atoms with van der Waals surface area (Å²) in [5, 5.41) is 5.17. The Kier molecular flexibility index (Phi) is 8.00. The van der Waals surface area contributed by atoms with E-state index in [-0.39, 0.29) is 16.9 Å². The van der Waals surface area contributed by atoms with Crippen LogP contribution < -0.4 is 15.0 Å². The molecule has 3 aromatic carbocycles. The van der Waals surface area contributed by atoms with E-state index < -0.39 is 0 Å². The largest absolute Gasteiger partial charge is 0.494 e. The van der Waals surface area contributed by atoms with Crippen LogP contribution in [0.5, 0.6) is 11.5 Å². The van der Waals surface area contributed by atoms with Gasteiger partial charge in [0.25, 0.3) is 5.56 Å². The molecule has 4 aromatic rings. The van der Waals surface area contributed by atoms with Crippen LogP contribution >= 0.6 is 0 Å². The molecule has 0 spiro atoms. The molecular formula is C32H37N3O3. The van der Waals surface area contributed by atoms with Gasteiger partial charge in [0.2, 0.25) is 0 Å². The van der Waals surface area contributed by atoms with E-state index in [1.807, 2.05) is 62.4 Å². The highest BCUT2D eigenvalue weighted by Crippen LogP contribution is 2.34. The Morgan fingerprint density at radius 1 is 1.03 bits per heavy atom. The number of aryl methyl sites for hydroxylation is 1. The van der Waals surface area contributed by atoms with Crippen molar-refractivity contribution in [1.82, 2.24) is 9.66 Å². The summed E-state index contributed by atoms with van der Waals surface area (Å²) in [5.41, 5.74) is 4.16. The van der Waals surface area contributed by atoms with Gasteiger partial charge in [-0.15, -0.1) is 0 Å². The van der Waals surface area contributed by atoms with Crippen molar-refractivity contribution in [3.63, 3.8) is 0 Å². The van der Waals surface area contributed by atoms with Crippen LogP contribution in [0.25, 0.3) is 22.3 Å². The Hall–Kier alpha value is -3.93. The van der Waals surface area contributed by atoms with Crippen molar-refractivity contribution in [1.29, 1.82) is 0 Å². The number of hydrogen-bond acceptors (Lipinski definition) is 5. The Morgan fingerprint density at radius 2 is 1.79 bits per heavy atom. The van der Waals surface area contributed by atoms with E-state index in [0.717, 1.165) is 33.8 Å². The lowest BCUT2D eigenvalue weighted by atomic mass is 9.96. The number of nitrogens with zero attached hydrogens (tertiary/aromatic N) is 3. The van der Waals surface area contributed by atoms with Crippen molar-refractivity contribution in [3.05, 3.63) is 87.7 Å². The fraction of sp³-hybridized carbons (Fsp3) is 0.344. The normalized spacial score (nSPS) is 12.0. The van der Waals surface area contributed by atoms with Crippen LogP contribution in [0.15, 0.2) is 70.6 Å². The number of para-hydroxylation sites is 1. The van der Waals surface area contributed by atoms with Crippen LogP contribution in [-0.4, -0.2) is 29.1 Å². The fourth-order valence-electron chi connectivity index (χ4n) is 4.18. The highest BCUT2D eigenvalue weighted by atomic mass is 16.5. The lowest BCUT2D eigenvalue weighted by Crippen LogP contribution is -2.21. The van der Waals surface area contributed by atoms with E-state index in [0.29, 0.717) is 29.9 Å². The standard InChI is InChI=1S/C32H37N3O3/c1-8-37-29-16-22(4)27(18-26(29)21(2)3)30-34-28-15-10-9-14-25(28)31(36)35(30)33-19-23-12-11-13-24(17-23)38-20-32(5,6)7/h9-19,21H,8,20H2,1-7H3. The third kappa shape index (κ3) is 6.13. The van der Waals surface area contributed by atoms with Gasteiger partial charge >= 0.3 is 0 Å². The summed E-state index contributed by atoms with van der Waals surface area (Å²) in [6, 6.07) is 19.2. The maximum absolute atomic E-state index is 13.7. The number of hydrogen-bond donors (Lipinski definition) is 0. The molecule has 0 atom stereocenters. The molecule has 6 nitrogen and oxygen atoms in total. The van der Waals surface area contributed by atoms with Gasteiger partial charge in [-0.1, -0.05) is 58.9 Å².